The minimum atomic E-state index is 0.607. The number of aryl methyl sites for hydroxylation is 1. The Morgan fingerprint density at radius 1 is 1.10 bits per heavy atom. The highest BCUT2D eigenvalue weighted by Crippen LogP contribution is 2.28. The fraction of sp³-hybridized carbons (Fsp3) is 0.167. The SMILES string of the molecule is Cc1ccc(Oc2cnc3ccccc3c2)c(CCN)c1. The number of benzene rings is 2. The number of aromatic nitrogens is 1. The second-order valence-corrected chi connectivity index (χ2v) is 5.12. The van der Waals surface area contributed by atoms with Crippen LogP contribution in [0, 0.1) is 6.92 Å². The van der Waals surface area contributed by atoms with Gasteiger partial charge in [0.15, 0.2) is 0 Å². The molecular formula is C18H18N2O. The summed E-state index contributed by atoms with van der Waals surface area (Å²) < 4.78 is 6.01. The van der Waals surface area contributed by atoms with Crippen molar-refractivity contribution >= 4 is 10.9 Å². The van der Waals surface area contributed by atoms with Crippen molar-refractivity contribution < 1.29 is 4.74 Å². The molecule has 0 fully saturated rings. The molecule has 0 radical (unpaired) electrons. The standard InChI is InChI=1S/C18H18N2O/c1-13-6-7-18(15(10-13)8-9-19)21-16-11-14-4-2-3-5-17(14)20-12-16/h2-7,10-12H,8-9,19H2,1H3. The number of nitrogens with zero attached hydrogens (tertiary/aromatic N) is 1. The van der Waals surface area contributed by atoms with E-state index in [-0.39, 0.29) is 0 Å². The Labute approximate surface area is 124 Å². The number of pyridine rings is 1. The van der Waals surface area contributed by atoms with Crippen molar-refractivity contribution in [3.05, 3.63) is 65.9 Å². The van der Waals surface area contributed by atoms with Crippen LogP contribution in [-0.4, -0.2) is 11.5 Å². The lowest BCUT2D eigenvalue weighted by molar-refractivity contribution is 0.475. The summed E-state index contributed by atoms with van der Waals surface area (Å²) in [6.45, 7) is 2.68. The molecule has 3 nitrogen and oxygen atoms in total. The van der Waals surface area contributed by atoms with Crippen molar-refractivity contribution in [2.24, 2.45) is 5.73 Å². The largest absolute Gasteiger partial charge is 0.455 e. The summed E-state index contributed by atoms with van der Waals surface area (Å²) in [6, 6.07) is 16.2. The number of rotatable bonds is 4. The smallest absolute Gasteiger partial charge is 0.146 e. The number of para-hydroxylation sites is 1. The maximum absolute atomic E-state index is 6.01. The Morgan fingerprint density at radius 2 is 1.95 bits per heavy atom. The molecule has 21 heavy (non-hydrogen) atoms. The van der Waals surface area contributed by atoms with E-state index in [1.807, 2.05) is 42.5 Å². The van der Waals surface area contributed by atoms with Gasteiger partial charge in [0, 0.05) is 5.39 Å². The fourth-order valence-electron chi connectivity index (χ4n) is 2.39. The van der Waals surface area contributed by atoms with Gasteiger partial charge in [-0.05, 0) is 43.7 Å². The average molecular weight is 278 g/mol. The van der Waals surface area contributed by atoms with Gasteiger partial charge in [-0.2, -0.15) is 0 Å². The van der Waals surface area contributed by atoms with E-state index in [1.165, 1.54) is 5.56 Å². The minimum absolute atomic E-state index is 0.607. The van der Waals surface area contributed by atoms with Crippen LogP contribution in [0.1, 0.15) is 11.1 Å². The molecule has 0 aliphatic rings. The number of hydrogen-bond donors (Lipinski definition) is 1. The van der Waals surface area contributed by atoms with Gasteiger partial charge in [0.2, 0.25) is 0 Å². The first-order chi connectivity index (χ1) is 10.3. The molecule has 0 aliphatic heterocycles. The Kier molecular flexibility index (Phi) is 3.84. The summed E-state index contributed by atoms with van der Waals surface area (Å²) >= 11 is 0. The van der Waals surface area contributed by atoms with Gasteiger partial charge in [0.25, 0.3) is 0 Å². The first-order valence-electron chi connectivity index (χ1n) is 7.08. The summed E-state index contributed by atoms with van der Waals surface area (Å²) in [5.74, 6) is 1.60. The molecule has 0 amide bonds. The van der Waals surface area contributed by atoms with Crippen molar-refractivity contribution in [2.75, 3.05) is 6.54 Å². The molecule has 0 unspecified atom stereocenters. The van der Waals surface area contributed by atoms with Crippen LogP contribution in [0.4, 0.5) is 0 Å². The molecule has 106 valence electrons. The third kappa shape index (κ3) is 3.03. The minimum Gasteiger partial charge on any atom is -0.455 e. The maximum atomic E-state index is 6.01. The normalized spacial score (nSPS) is 10.8. The second kappa shape index (κ2) is 5.94. The maximum Gasteiger partial charge on any atom is 0.146 e. The molecule has 0 atom stereocenters. The molecule has 3 heteroatoms. The van der Waals surface area contributed by atoms with Crippen LogP contribution >= 0.6 is 0 Å². The summed E-state index contributed by atoms with van der Waals surface area (Å²) in [6.07, 6.45) is 2.56. The van der Waals surface area contributed by atoms with Gasteiger partial charge in [-0.1, -0.05) is 35.9 Å². The molecule has 2 N–H and O–H groups in total. The van der Waals surface area contributed by atoms with E-state index in [2.05, 4.69) is 18.0 Å². The molecular weight excluding hydrogens is 260 g/mol. The lowest BCUT2D eigenvalue weighted by Crippen LogP contribution is -2.04. The monoisotopic (exact) mass is 278 g/mol. The first kappa shape index (κ1) is 13.6. The fourth-order valence-corrected chi connectivity index (χ4v) is 2.39. The van der Waals surface area contributed by atoms with E-state index in [1.54, 1.807) is 6.20 Å². The lowest BCUT2D eigenvalue weighted by Gasteiger charge is -2.12. The third-order valence-corrected chi connectivity index (χ3v) is 3.42. The van der Waals surface area contributed by atoms with Crippen LogP contribution < -0.4 is 10.5 Å². The third-order valence-electron chi connectivity index (χ3n) is 3.42. The summed E-state index contributed by atoms with van der Waals surface area (Å²) in [4.78, 5) is 4.42. The Hall–Kier alpha value is -2.39. The number of ether oxygens (including phenoxy) is 1. The van der Waals surface area contributed by atoms with E-state index >= 15 is 0 Å². The van der Waals surface area contributed by atoms with Crippen LogP contribution in [0.25, 0.3) is 10.9 Å². The van der Waals surface area contributed by atoms with Gasteiger partial charge in [-0.3, -0.25) is 4.98 Å². The Morgan fingerprint density at radius 3 is 2.81 bits per heavy atom. The molecule has 2 aromatic carbocycles. The molecule has 0 bridgehead atoms. The molecule has 0 saturated heterocycles. The van der Waals surface area contributed by atoms with E-state index in [0.29, 0.717) is 6.54 Å². The van der Waals surface area contributed by atoms with Gasteiger partial charge in [-0.25, -0.2) is 0 Å². The number of nitrogens with two attached hydrogens (primary N) is 1. The van der Waals surface area contributed by atoms with Crippen LogP contribution in [0.3, 0.4) is 0 Å². The number of fused-ring (bicyclic) bond motifs is 1. The van der Waals surface area contributed by atoms with Gasteiger partial charge >= 0.3 is 0 Å². The quantitative estimate of drug-likeness (QED) is 0.789. The second-order valence-electron chi connectivity index (χ2n) is 5.12. The topological polar surface area (TPSA) is 48.1 Å². The van der Waals surface area contributed by atoms with Crippen LogP contribution in [0.5, 0.6) is 11.5 Å². The zero-order valence-corrected chi connectivity index (χ0v) is 12.0. The van der Waals surface area contributed by atoms with Crippen LogP contribution in [-0.2, 0) is 6.42 Å². The van der Waals surface area contributed by atoms with Crippen LogP contribution in [0.2, 0.25) is 0 Å². The zero-order valence-electron chi connectivity index (χ0n) is 12.0. The average Bonchev–Trinajstić information content (AvgIpc) is 2.50. The van der Waals surface area contributed by atoms with Crippen LogP contribution in [0.15, 0.2) is 54.7 Å². The summed E-state index contributed by atoms with van der Waals surface area (Å²) in [7, 11) is 0. The van der Waals surface area contributed by atoms with Gasteiger partial charge in [0.1, 0.15) is 11.5 Å². The molecule has 3 aromatic rings. The predicted octanol–water partition coefficient (Wildman–Crippen LogP) is 3.84. The Balaban J connectivity index is 1.94. The molecule has 0 spiro atoms. The van der Waals surface area contributed by atoms with E-state index < -0.39 is 0 Å². The van der Waals surface area contributed by atoms with Crippen molar-refractivity contribution in [1.82, 2.24) is 4.98 Å². The Bertz CT molecular complexity index is 768. The molecule has 0 saturated carbocycles. The van der Waals surface area contributed by atoms with Crippen molar-refractivity contribution in [1.29, 1.82) is 0 Å². The van der Waals surface area contributed by atoms with Gasteiger partial charge < -0.3 is 10.5 Å². The molecule has 3 rings (SSSR count). The predicted molar refractivity (Wildman–Crippen MR) is 85.8 cm³/mol. The molecule has 0 aliphatic carbocycles. The van der Waals surface area contributed by atoms with Gasteiger partial charge in [0.05, 0.1) is 11.7 Å². The van der Waals surface area contributed by atoms with Gasteiger partial charge in [-0.15, -0.1) is 0 Å². The van der Waals surface area contributed by atoms with E-state index in [0.717, 1.165) is 34.4 Å². The molecule has 1 heterocycles. The van der Waals surface area contributed by atoms with E-state index in [9.17, 15) is 0 Å². The summed E-state index contributed by atoms with van der Waals surface area (Å²) in [5.41, 5.74) is 8.99. The van der Waals surface area contributed by atoms with Crippen molar-refractivity contribution in [3.63, 3.8) is 0 Å². The first-order valence-corrected chi connectivity index (χ1v) is 7.08. The molecule has 1 aromatic heterocycles. The van der Waals surface area contributed by atoms with Crippen molar-refractivity contribution in [3.8, 4) is 11.5 Å². The highest BCUT2D eigenvalue weighted by Gasteiger charge is 2.06. The zero-order chi connectivity index (χ0) is 14.7. The number of hydrogen-bond acceptors (Lipinski definition) is 3. The lowest BCUT2D eigenvalue weighted by atomic mass is 10.1. The highest BCUT2D eigenvalue weighted by atomic mass is 16.5. The van der Waals surface area contributed by atoms with E-state index in [4.69, 9.17) is 10.5 Å². The van der Waals surface area contributed by atoms with Crippen molar-refractivity contribution in [2.45, 2.75) is 13.3 Å². The summed E-state index contributed by atoms with van der Waals surface area (Å²) in [5, 5.41) is 1.07. The highest BCUT2D eigenvalue weighted by molar-refractivity contribution is 5.79.